The third kappa shape index (κ3) is 3.70. The van der Waals surface area contributed by atoms with Crippen LogP contribution >= 0.6 is 0 Å². The average molecular weight is 236 g/mol. The topological polar surface area (TPSA) is 15.3 Å². The molecule has 1 aromatic rings. The Balaban J connectivity index is 1.85. The number of benzene rings is 1. The number of nitrogens with zero attached hydrogens (tertiary/aromatic N) is 1. The lowest BCUT2D eigenvalue weighted by Crippen LogP contribution is -2.32. The van der Waals surface area contributed by atoms with Gasteiger partial charge in [0.2, 0.25) is 0 Å². The molecule has 94 valence electrons. The highest BCUT2D eigenvalue weighted by atomic mass is 19.1. The maximum atomic E-state index is 13.2. The molecule has 0 spiro atoms. The first kappa shape index (κ1) is 12.4. The Kier molecular flexibility index (Phi) is 4.00. The van der Waals surface area contributed by atoms with Crippen molar-refractivity contribution in [2.75, 3.05) is 32.0 Å². The summed E-state index contributed by atoms with van der Waals surface area (Å²) in [6.07, 6.45) is 2.47. The van der Waals surface area contributed by atoms with Crippen molar-refractivity contribution in [2.45, 2.75) is 19.8 Å². The van der Waals surface area contributed by atoms with E-state index in [1.165, 1.54) is 25.9 Å². The van der Waals surface area contributed by atoms with Crippen LogP contribution in [0.5, 0.6) is 0 Å². The Morgan fingerprint density at radius 2 is 2.00 bits per heavy atom. The second-order valence-corrected chi connectivity index (χ2v) is 5.14. The van der Waals surface area contributed by atoms with Gasteiger partial charge in [0.05, 0.1) is 0 Å². The van der Waals surface area contributed by atoms with Crippen LogP contribution in [0.25, 0.3) is 0 Å². The monoisotopic (exact) mass is 236 g/mol. The van der Waals surface area contributed by atoms with Gasteiger partial charge in [-0.2, -0.15) is 0 Å². The van der Waals surface area contributed by atoms with Crippen LogP contribution in [0.1, 0.15) is 18.4 Å². The summed E-state index contributed by atoms with van der Waals surface area (Å²) in [6.45, 7) is 5.23. The van der Waals surface area contributed by atoms with Gasteiger partial charge in [0, 0.05) is 12.2 Å². The number of halogens is 1. The summed E-state index contributed by atoms with van der Waals surface area (Å²) in [6, 6.07) is 5.13. The molecule has 3 heteroatoms. The van der Waals surface area contributed by atoms with E-state index in [0.717, 1.165) is 23.7 Å². The lowest BCUT2D eigenvalue weighted by molar-refractivity contribution is 0.226. The van der Waals surface area contributed by atoms with Crippen LogP contribution < -0.4 is 5.32 Å². The normalized spacial score (nSPS) is 18.3. The number of hydrogen-bond donors (Lipinski definition) is 1. The zero-order chi connectivity index (χ0) is 12.3. The molecule has 1 aliphatic rings. The van der Waals surface area contributed by atoms with E-state index in [0.29, 0.717) is 0 Å². The fraction of sp³-hybridized carbons (Fsp3) is 0.571. The predicted octanol–water partition coefficient (Wildman–Crippen LogP) is 2.89. The second kappa shape index (κ2) is 5.50. The van der Waals surface area contributed by atoms with Crippen molar-refractivity contribution in [1.82, 2.24) is 4.90 Å². The Morgan fingerprint density at radius 3 is 2.65 bits per heavy atom. The summed E-state index contributed by atoms with van der Waals surface area (Å²) in [7, 11) is 2.17. The van der Waals surface area contributed by atoms with Crippen LogP contribution in [0.3, 0.4) is 0 Å². The lowest BCUT2D eigenvalue weighted by Gasteiger charge is -2.29. The first-order chi connectivity index (χ1) is 8.13. The molecule has 1 saturated heterocycles. The summed E-state index contributed by atoms with van der Waals surface area (Å²) in [5.74, 6) is 0.561. The van der Waals surface area contributed by atoms with Gasteiger partial charge in [-0.3, -0.25) is 0 Å². The van der Waals surface area contributed by atoms with Gasteiger partial charge in [0.25, 0.3) is 0 Å². The molecule has 0 radical (unpaired) electrons. The van der Waals surface area contributed by atoms with E-state index < -0.39 is 0 Å². The van der Waals surface area contributed by atoms with Crippen molar-refractivity contribution in [3.63, 3.8) is 0 Å². The van der Waals surface area contributed by atoms with Crippen LogP contribution in [0, 0.1) is 18.7 Å². The minimum absolute atomic E-state index is 0.157. The number of piperidine rings is 1. The third-order valence-corrected chi connectivity index (χ3v) is 3.48. The summed E-state index contributed by atoms with van der Waals surface area (Å²) < 4.78 is 13.2. The number of nitrogens with one attached hydrogen (secondary N) is 1. The van der Waals surface area contributed by atoms with Crippen molar-refractivity contribution in [1.29, 1.82) is 0 Å². The summed E-state index contributed by atoms with van der Waals surface area (Å²) in [4.78, 5) is 2.36. The van der Waals surface area contributed by atoms with E-state index in [9.17, 15) is 4.39 Å². The molecule has 1 heterocycles. The van der Waals surface area contributed by atoms with E-state index >= 15 is 0 Å². The number of rotatable bonds is 3. The van der Waals surface area contributed by atoms with Gasteiger partial charge in [-0.05, 0) is 69.6 Å². The van der Waals surface area contributed by atoms with E-state index in [1.807, 2.05) is 13.0 Å². The highest BCUT2D eigenvalue weighted by molar-refractivity contribution is 5.45. The number of anilines is 1. The van der Waals surface area contributed by atoms with E-state index in [1.54, 1.807) is 12.1 Å². The first-order valence-corrected chi connectivity index (χ1v) is 6.33. The molecule has 1 fully saturated rings. The standard InChI is InChI=1S/C14H21FN2/c1-11-7-13(15)9-14(8-11)16-10-12-3-5-17(2)6-4-12/h7-9,12,16H,3-6,10H2,1-2H3. The first-order valence-electron chi connectivity index (χ1n) is 6.33. The summed E-state index contributed by atoms with van der Waals surface area (Å²) >= 11 is 0. The van der Waals surface area contributed by atoms with E-state index in [-0.39, 0.29) is 5.82 Å². The Labute approximate surface area is 103 Å². The van der Waals surface area contributed by atoms with Crippen molar-refractivity contribution in [2.24, 2.45) is 5.92 Å². The molecule has 2 nitrogen and oxygen atoms in total. The maximum absolute atomic E-state index is 13.2. The lowest BCUT2D eigenvalue weighted by atomic mass is 9.97. The zero-order valence-corrected chi connectivity index (χ0v) is 10.7. The minimum atomic E-state index is -0.157. The highest BCUT2D eigenvalue weighted by Crippen LogP contribution is 2.18. The molecule has 0 unspecified atom stereocenters. The smallest absolute Gasteiger partial charge is 0.125 e. The molecule has 2 rings (SSSR count). The summed E-state index contributed by atoms with van der Waals surface area (Å²) in [5.41, 5.74) is 1.87. The van der Waals surface area contributed by atoms with Crippen LogP contribution in [0.15, 0.2) is 18.2 Å². The SMILES string of the molecule is Cc1cc(F)cc(NCC2CCN(C)CC2)c1. The predicted molar refractivity (Wildman–Crippen MR) is 69.8 cm³/mol. The quantitative estimate of drug-likeness (QED) is 0.868. The van der Waals surface area contributed by atoms with Crippen LogP contribution in [0.4, 0.5) is 10.1 Å². The molecular formula is C14H21FN2. The van der Waals surface area contributed by atoms with Gasteiger partial charge in [0.1, 0.15) is 5.82 Å². The molecule has 0 amide bonds. The Hall–Kier alpha value is -1.09. The third-order valence-electron chi connectivity index (χ3n) is 3.48. The van der Waals surface area contributed by atoms with Crippen LogP contribution in [-0.4, -0.2) is 31.6 Å². The van der Waals surface area contributed by atoms with Crippen molar-refractivity contribution in [3.8, 4) is 0 Å². The molecule has 17 heavy (non-hydrogen) atoms. The van der Waals surface area contributed by atoms with Gasteiger partial charge in [-0.15, -0.1) is 0 Å². The van der Waals surface area contributed by atoms with Gasteiger partial charge in [-0.1, -0.05) is 0 Å². The summed E-state index contributed by atoms with van der Waals surface area (Å²) in [5, 5.41) is 3.35. The van der Waals surface area contributed by atoms with Crippen LogP contribution in [0.2, 0.25) is 0 Å². The second-order valence-electron chi connectivity index (χ2n) is 5.14. The maximum Gasteiger partial charge on any atom is 0.125 e. The van der Waals surface area contributed by atoms with E-state index in [4.69, 9.17) is 0 Å². The number of likely N-dealkylation sites (tertiary alicyclic amines) is 1. The minimum Gasteiger partial charge on any atom is -0.385 e. The molecule has 1 aliphatic heterocycles. The molecule has 0 bridgehead atoms. The Morgan fingerprint density at radius 1 is 1.29 bits per heavy atom. The number of hydrogen-bond acceptors (Lipinski definition) is 2. The molecule has 0 aliphatic carbocycles. The fourth-order valence-electron chi connectivity index (χ4n) is 2.37. The zero-order valence-electron chi connectivity index (χ0n) is 10.7. The van der Waals surface area contributed by atoms with E-state index in [2.05, 4.69) is 17.3 Å². The number of aryl methyl sites for hydroxylation is 1. The molecule has 0 aromatic heterocycles. The van der Waals surface area contributed by atoms with Gasteiger partial charge in [0.15, 0.2) is 0 Å². The molecule has 0 atom stereocenters. The molecule has 0 saturated carbocycles. The van der Waals surface area contributed by atoms with Crippen LogP contribution in [-0.2, 0) is 0 Å². The average Bonchev–Trinajstić information content (AvgIpc) is 2.27. The highest BCUT2D eigenvalue weighted by Gasteiger charge is 2.16. The largest absolute Gasteiger partial charge is 0.385 e. The molecule has 1 N–H and O–H groups in total. The van der Waals surface area contributed by atoms with Crippen molar-refractivity contribution < 1.29 is 4.39 Å². The Bertz CT molecular complexity index is 350. The van der Waals surface area contributed by atoms with Gasteiger partial charge >= 0.3 is 0 Å². The van der Waals surface area contributed by atoms with Crippen molar-refractivity contribution in [3.05, 3.63) is 29.6 Å². The molecular weight excluding hydrogens is 215 g/mol. The van der Waals surface area contributed by atoms with Gasteiger partial charge < -0.3 is 10.2 Å². The van der Waals surface area contributed by atoms with Crippen molar-refractivity contribution >= 4 is 5.69 Å². The molecule has 1 aromatic carbocycles. The fourth-order valence-corrected chi connectivity index (χ4v) is 2.37. The van der Waals surface area contributed by atoms with Gasteiger partial charge in [-0.25, -0.2) is 4.39 Å².